The van der Waals surface area contributed by atoms with Crippen molar-refractivity contribution in [3.8, 4) is 0 Å². The van der Waals surface area contributed by atoms with Gasteiger partial charge in [-0.2, -0.15) is 0 Å². The Bertz CT molecular complexity index is 1130. The van der Waals surface area contributed by atoms with Crippen LogP contribution in [0.4, 0.5) is 5.69 Å². The fourth-order valence-electron chi connectivity index (χ4n) is 4.51. The minimum Gasteiger partial charge on any atom is -0.375 e. The highest BCUT2D eigenvalue weighted by Gasteiger charge is 2.33. The zero-order valence-electron chi connectivity index (χ0n) is 16.7. The molecule has 6 heteroatoms. The molecule has 29 heavy (non-hydrogen) atoms. The lowest BCUT2D eigenvalue weighted by Gasteiger charge is -2.30. The van der Waals surface area contributed by atoms with Crippen molar-refractivity contribution in [3.05, 3.63) is 64.6 Å². The van der Waals surface area contributed by atoms with Crippen LogP contribution in [0, 0.1) is 13.8 Å². The lowest BCUT2D eigenvalue weighted by molar-refractivity contribution is -0.125. The van der Waals surface area contributed by atoms with Crippen molar-refractivity contribution in [2.75, 3.05) is 11.9 Å². The van der Waals surface area contributed by atoms with Crippen LogP contribution in [-0.2, 0) is 11.2 Å². The quantitative estimate of drug-likeness (QED) is 0.678. The lowest BCUT2D eigenvalue weighted by atomic mass is 9.91. The molecule has 1 fully saturated rings. The topological polar surface area (TPSA) is 66.7 Å². The molecule has 0 unspecified atom stereocenters. The van der Waals surface area contributed by atoms with E-state index in [-0.39, 0.29) is 17.9 Å². The molecule has 0 bridgehead atoms. The monoisotopic (exact) mass is 388 g/mol. The van der Waals surface area contributed by atoms with E-state index < -0.39 is 0 Å². The summed E-state index contributed by atoms with van der Waals surface area (Å²) in [6, 6.07) is 10.5. The third-order valence-corrected chi connectivity index (χ3v) is 6.25. The van der Waals surface area contributed by atoms with Gasteiger partial charge >= 0.3 is 0 Å². The second-order valence-corrected chi connectivity index (χ2v) is 7.97. The number of aryl methyl sites for hydroxylation is 2. The van der Waals surface area contributed by atoms with Crippen LogP contribution in [0.1, 0.15) is 58.2 Å². The second-order valence-electron chi connectivity index (χ2n) is 7.97. The van der Waals surface area contributed by atoms with E-state index in [1.807, 2.05) is 42.6 Å². The van der Waals surface area contributed by atoms with E-state index in [0.717, 1.165) is 47.5 Å². The highest BCUT2D eigenvalue weighted by atomic mass is 16.2. The third kappa shape index (κ3) is 2.82. The summed E-state index contributed by atoms with van der Waals surface area (Å²) in [4.78, 5) is 31.7. The van der Waals surface area contributed by atoms with Crippen LogP contribution < -0.4 is 5.32 Å². The van der Waals surface area contributed by atoms with Crippen molar-refractivity contribution in [3.63, 3.8) is 0 Å². The summed E-state index contributed by atoms with van der Waals surface area (Å²) in [7, 11) is 0. The summed E-state index contributed by atoms with van der Waals surface area (Å²) in [5, 5.41) is 3.65. The number of carbonyl (C=O) groups excluding carboxylic acids is 2. The SMILES string of the molecule is Cc1nc2c3c(c(C(=O)N4CCCC4=O)cn2c1C)CC[C@@H](c1ccccc1)N3. The number of aromatic nitrogens is 2. The van der Waals surface area contributed by atoms with E-state index in [4.69, 9.17) is 4.98 Å². The highest BCUT2D eigenvalue weighted by Crippen LogP contribution is 2.38. The molecule has 1 aromatic carbocycles. The van der Waals surface area contributed by atoms with E-state index in [1.165, 1.54) is 10.5 Å². The van der Waals surface area contributed by atoms with Gasteiger partial charge in [0.15, 0.2) is 5.65 Å². The van der Waals surface area contributed by atoms with Crippen LogP contribution in [0.15, 0.2) is 36.5 Å². The molecule has 5 rings (SSSR count). The van der Waals surface area contributed by atoms with Crippen LogP contribution in [0.2, 0.25) is 0 Å². The molecule has 3 aromatic rings. The van der Waals surface area contributed by atoms with E-state index in [0.29, 0.717) is 18.5 Å². The molecular weight excluding hydrogens is 364 g/mol. The Morgan fingerprint density at radius 2 is 1.97 bits per heavy atom. The molecule has 2 amide bonds. The Labute approximate surface area is 169 Å². The van der Waals surface area contributed by atoms with Gasteiger partial charge in [0, 0.05) is 24.9 Å². The number of nitrogens with zero attached hydrogens (tertiary/aromatic N) is 3. The third-order valence-electron chi connectivity index (χ3n) is 6.25. The van der Waals surface area contributed by atoms with Gasteiger partial charge in [-0.3, -0.25) is 14.5 Å². The first-order chi connectivity index (χ1) is 14.0. The smallest absolute Gasteiger partial charge is 0.262 e. The molecule has 0 spiro atoms. The molecule has 2 aromatic heterocycles. The number of benzene rings is 1. The second kappa shape index (κ2) is 6.72. The van der Waals surface area contributed by atoms with E-state index in [9.17, 15) is 9.59 Å². The molecule has 1 N–H and O–H groups in total. The summed E-state index contributed by atoms with van der Waals surface area (Å²) >= 11 is 0. The fourth-order valence-corrected chi connectivity index (χ4v) is 4.51. The predicted molar refractivity (Wildman–Crippen MR) is 111 cm³/mol. The van der Waals surface area contributed by atoms with Gasteiger partial charge in [-0.05, 0) is 44.2 Å². The number of carbonyl (C=O) groups is 2. The standard InChI is InChI=1S/C23H24N4O2/c1-14-15(2)27-13-18(23(29)26-12-6-9-20(26)28)17-10-11-19(16-7-4-3-5-8-16)25-21(17)22(27)24-14/h3-5,7-8,13,19,25H,6,9-12H2,1-2H3/t19-/m0/s1. The average Bonchev–Trinajstić information content (AvgIpc) is 3.30. The van der Waals surface area contributed by atoms with Crippen molar-refractivity contribution < 1.29 is 9.59 Å². The summed E-state index contributed by atoms with van der Waals surface area (Å²) in [5.41, 5.74) is 6.52. The normalized spacial score (nSPS) is 18.8. The Morgan fingerprint density at radius 3 is 2.69 bits per heavy atom. The molecule has 1 atom stereocenters. The zero-order chi connectivity index (χ0) is 20.1. The maximum atomic E-state index is 13.3. The van der Waals surface area contributed by atoms with Crippen LogP contribution in [0.3, 0.4) is 0 Å². The molecule has 148 valence electrons. The first-order valence-electron chi connectivity index (χ1n) is 10.2. The largest absolute Gasteiger partial charge is 0.375 e. The summed E-state index contributed by atoms with van der Waals surface area (Å²) in [6.07, 6.45) is 4.73. The zero-order valence-corrected chi connectivity index (χ0v) is 16.7. The first kappa shape index (κ1) is 17.9. The molecule has 0 saturated carbocycles. The number of anilines is 1. The van der Waals surface area contributed by atoms with Gasteiger partial charge < -0.3 is 9.72 Å². The average molecular weight is 388 g/mol. The molecule has 2 aliphatic heterocycles. The molecule has 2 aliphatic rings. The first-order valence-corrected chi connectivity index (χ1v) is 10.2. The van der Waals surface area contributed by atoms with Crippen molar-refractivity contribution in [1.82, 2.24) is 14.3 Å². The number of hydrogen-bond acceptors (Lipinski definition) is 4. The van der Waals surface area contributed by atoms with Gasteiger partial charge in [0.25, 0.3) is 5.91 Å². The van der Waals surface area contributed by atoms with Crippen LogP contribution >= 0.6 is 0 Å². The maximum Gasteiger partial charge on any atom is 0.262 e. The Balaban J connectivity index is 1.66. The molecular formula is C23H24N4O2. The van der Waals surface area contributed by atoms with Crippen molar-refractivity contribution in [1.29, 1.82) is 0 Å². The van der Waals surface area contributed by atoms with Gasteiger partial charge in [-0.25, -0.2) is 4.98 Å². The van der Waals surface area contributed by atoms with Gasteiger partial charge in [0.2, 0.25) is 5.91 Å². The number of likely N-dealkylation sites (tertiary alicyclic amines) is 1. The number of pyridine rings is 1. The number of rotatable bonds is 2. The number of imide groups is 1. The van der Waals surface area contributed by atoms with Crippen LogP contribution in [0.5, 0.6) is 0 Å². The fraction of sp³-hybridized carbons (Fsp3) is 0.348. The predicted octanol–water partition coefficient (Wildman–Crippen LogP) is 3.81. The van der Waals surface area contributed by atoms with Gasteiger partial charge in [-0.15, -0.1) is 0 Å². The number of amides is 2. The molecule has 1 saturated heterocycles. The number of hydrogen-bond donors (Lipinski definition) is 1. The van der Waals surface area contributed by atoms with Gasteiger partial charge in [0.05, 0.1) is 23.0 Å². The summed E-state index contributed by atoms with van der Waals surface area (Å²) < 4.78 is 1.99. The van der Waals surface area contributed by atoms with Crippen molar-refractivity contribution in [2.45, 2.75) is 45.6 Å². The summed E-state index contributed by atoms with van der Waals surface area (Å²) in [5.74, 6) is -0.260. The minimum absolute atomic E-state index is 0.0756. The van der Waals surface area contributed by atoms with Crippen LogP contribution in [-0.4, -0.2) is 32.6 Å². The van der Waals surface area contributed by atoms with Crippen LogP contribution in [0.25, 0.3) is 5.65 Å². The Kier molecular flexibility index (Phi) is 4.15. The van der Waals surface area contributed by atoms with Gasteiger partial charge in [0.1, 0.15) is 0 Å². The minimum atomic E-state index is -0.184. The molecule has 0 radical (unpaired) electrons. The highest BCUT2D eigenvalue weighted by molar-refractivity contribution is 6.07. The molecule has 4 heterocycles. The van der Waals surface area contributed by atoms with Gasteiger partial charge in [-0.1, -0.05) is 30.3 Å². The van der Waals surface area contributed by atoms with E-state index >= 15 is 0 Å². The maximum absolute atomic E-state index is 13.3. The van der Waals surface area contributed by atoms with Crippen molar-refractivity contribution >= 4 is 23.1 Å². The van der Waals surface area contributed by atoms with Crippen molar-refractivity contribution in [2.24, 2.45) is 0 Å². The Hall–Kier alpha value is -3.15. The van der Waals surface area contributed by atoms with E-state index in [2.05, 4.69) is 17.4 Å². The number of fused-ring (bicyclic) bond motifs is 3. The lowest BCUT2D eigenvalue weighted by Crippen LogP contribution is -2.33. The molecule has 6 nitrogen and oxygen atoms in total. The molecule has 0 aliphatic carbocycles. The summed E-state index contributed by atoms with van der Waals surface area (Å²) in [6.45, 7) is 4.50. The van der Waals surface area contributed by atoms with E-state index in [1.54, 1.807) is 0 Å². The number of imidazole rings is 1. The Morgan fingerprint density at radius 1 is 1.17 bits per heavy atom. The number of nitrogens with one attached hydrogen (secondary N) is 1.